The third kappa shape index (κ3) is 5.33. The third-order valence-corrected chi connectivity index (χ3v) is 4.60. The van der Waals surface area contributed by atoms with E-state index >= 15 is 0 Å². The van der Waals surface area contributed by atoms with Crippen LogP contribution in [0.2, 0.25) is 0 Å². The maximum absolute atomic E-state index is 14.4. The van der Waals surface area contributed by atoms with Crippen LogP contribution in [-0.4, -0.2) is 47.5 Å². The van der Waals surface area contributed by atoms with Crippen molar-refractivity contribution in [1.29, 1.82) is 0 Å². The number of benzene rings is 1. The van der Waals surface area contributed by atoms with Crippen molar-refractivity contribution in [2.75, 3.05) is 18.0 Å². The second-order valence-corrected chi connectivity index (χ2v) is 6.85. The lowest BCUT2D eigenvalue weighted by Gasteiger charge is -2.35. The van der Waals surface area contributed by atoms with Crippen molar-refractivity contribution >= 4 is 11.7 Å². The second kappa shape index (κ2) is 8.22. The number of rotatable bonds is 4. The van der Waals surface area contributed by atoms with Crippen LogP contribution >= 0.6 is 0 Å². The number of hydrogen-bond acceptors (Lipinski definition) is 5. The minimum absolute atomic E-state index is 0.0682. The molecule has 0 aliphatic carbocycles. The van der Waals surface area contributed by atoms with Crippen LogP contribution in [0.3, 0.4) is 0 Å². The summed E-state index contributed by atoms with van der Waals surface area (Å²) in [4.78, 5) is 21.3. The van der Waals surface area contributed by atoms with Gasteiger partial charge in [0.15, 0.2) is 0 Å². The summed E-state index contributed by atoms with van der Waals surface area (Å²) in [5.74, 6) is -0.0493. The standard InChI is InChI=1S/C19H20F4N4O2/c1-11-7-13(3-4-17(11)29-19(21,22)23)16-8-18(25-10-24-16)27-6-5-15(14(20)9-27)26-12(2)28/h3-4,7-8,10,14-15H,5-6,9H2,1-2H3,(H,26,28). The Morgan fingerprint density at radius 2 is 2.03 bits per heavy atom. The van der Waals surface area contributed by atoms with Crippen LogP contribution in [0.4, 0.5) is 23.4 Å². The lowest BCUT2D eigenvalue weighted by Crippen LogP contribution is -2.52. The SMILES string of the molecule is CC(=O)NC1CCN(c2cc(-c3ccc(OC(F)(F)F)c(C)c3)ncn2)CC1F. The first kappa shape index (κ1) is 20.8. The van der Waals surface area contributed by atoms with E-state index < -0.39 is 18.6 Å². The van der Waals surface area contributed by atoms with Crippen LogP contribution in [0.1, 0.15) is 18.9 Å². The van der Waals surface area contributed by atoms with Gasteiger partial charge in [-0.2, -0.15) is 0 Å². The number of anilines is 1. The van der Waals surface area contributed by atoms with Gasteiger partial charge in [-0.05, 0) is 37.1 Å². The molecule has 29 heavy (non-hydrogen) atoms. The van der Waals surface area contributed by atoms with Gasteiger partial charge in [-0.15, -0.1) is 13.2 Å². The lowest BCUT2D eigenvalue weighted by atomic mass is 10.0. The number of ether oxygens (including phenoxy) is 1. The molecule has 1 aliphatic rings. The number of hydrogen-bond donors (Lipinski definition) is 1. The molecule has 3 rings (SSSR count). The molecule has 1 amide bonds. The van der Waals surface area contributed by atoms with E-state index in [9.17, 15) is 22.4 Å². The Kier molecular flexibility index (Phi) is 5.90. The summed E-state index contributed by atoms with van der Waals surface area (Å²) in [5.41, 5.74) is 1.39. The zero-order chi connectivity index (χ0) is 21.2. The Hall–Kier alpha value is -2.91. The summed E-state index contributed by atoms with van der Waals surface area (Å²) in [6, 6.07) is 5.37. The molecule has 1 saturated heterocycles. The molecule has 0 spiro atoms. The molecule has 2 unspecified atom stereocenters. The smallest absolute Gasteiger partial charge is 0.406 e. The van der Waals surface area contributed by atoms with Gasteiger partial charge < -0.3 is 15.0 Å². The second-order valence-electron chi connectivity index (χ2n) is 6.85. The fourth-order valence-corrected chi connectivity index (χ4v) is 3.26. The highest BCUT2D eigenvalue weighted by atomic mass is 19.4. The van der Waals surface area contributed by atoms with E-state index in [4.69, 9.17) is 0 Å². The molecule has 1 fully saturated rings. The molecule has 1 aliphatic heterocycles. The maximum atomic E-state index is 14.4. The topological polar surface area (TPSA) is 67.4 Å². The molecule has 1 N–H and O–H groups in total. The first-order chi connectivity index (χ1) is 13.6. The first-order valence-electron chi connectivity index (χ1n) is 8.97. The lowest BCUT2D eigenvalue weighted by molar-refractivity contribution is -0.274. The predicted octanol–water partition coefficient (Wildman–Crippen LogP) is 3.40. The quantitative estimate of drug-likeness (QED) is 0.780. The number of carbonyl (C=O) groups is 1. The largest absolute Gasteiger partial charge is 0.573 e. The van der Waals surface area contributed by atoms with Crippen LogP contribution < -0.4 is 15.0 Å². The first-order valence-corrected chi connectivity index (χ1v) is 8.97. The maximum Gasteiger partial charge on any atom is 0.573 e. The fourth-order valence-electron chi connectivity index (χ4n) is 3.26. The monoisotopic (exact) mass is 412 g/mol. The highest BCUT2D eigenvalue weighted by Gasteiger charge is 2.32. The van der Waals surface area contributed by atoms with Crippen LogP contribution in [-0.2, 0) is 4.79 Å². The molecule has 10 heteroatoms. The third-order valence-electron chi connectivity index (χ3n) is 4.60. The van der Waals surface area contributed by atoms with Gasteiger partial charge in [-0.3, -0.25) is 4.79 Å². The Morgan fingerprint density at radius 3 is 2.66 bits per heavy atom. The number of halogens is 4. The van der Waals surface area contributed by atoms with Gasteiger partial charge in [-0.25, -0.2) is 14.4 Å². The summed E-state index contributed by atoms with van der Waals surface area (Å²) < 4.78 is 55.7. The average Bonchev–Trinajstić information content (AvgIpc) is 2.64. The van der Waals surface area contributed by atoms with Crippen LogP contribution in [0, 0.1) is 6.92 Å². The highest BCUT2D eigenvalue weighted by molar-refractivity contribution is 5.73. The van der Waals surface area contributed by atoms with Gasteiger partial charge >= 0.3 is 6.36 Å². The van der Waals surface area contributed by atoms with Crippen molar-refractivity contribution in [3.05, 3.63) is 36.2 Å². The highest BCUT2D eigenvalue weighted by Crippen LogP contribution is 2.30. The molecule has 1 aromatic heterocycles. The van der Waals surface area contributed by atoms with E-state index in [1.54, 1.807) is 11.0 Å². The van der Waals surface area contributed by atoms with Crippen molar-refractivity contribution in [2.24, 2.45) is 0 Å². The molecule has 0 saturated carbocycles. The summed E-state index contributed by atoms with van der Waals surface area (Å²) in [5, 5.41) is 2.60. The number of nitrogens with zero attached hydrogens (tertiary/aromatic N) is 3. The molecule has 0 bridgehead atoms. The Labute approximate surface area is 164 Å². The van der Waals surface area contributed by atoms with Gasteiger partial charge in [-0.1, -0.05) is 0 Å². The zero-order valence-corrected chi connectivity index (χ0v) is 15.8. The number of aryl methyl sites for hydroxylation is 1. The van der Waals surface area contributed by atoms with Crippen molar-refractivity contribution in [3.63, 3.8) is 0 Å². The van der Waals surface area contributed by atoms with E-state index in [1.807, 2.05) is 0 Å². The molecule has 2 aromatic rings. The number of alkyl halides is 4. The molecule has 0 radical (unpaired) electrons. The van der Waals surface area contributed by atoms with Crippen molar-refractivity contribution in [3.8, 4) is 17.0 Å². The summed E-state index contributed by atoms with van der Waals surface area (Å²) in [6.45, 7) is 3.42. The van der Waals surface area contributed by atoms with E-state index in [-0.39, 0.29) is 18.2 Å². The van der Waals surface area contributed by atoms with Crippen LogP contribution in [0.15, 0.2) is 30.6 Å². The average molecular weight is 412 g/mol. The predicted molar refractivity (Wildman–Crippen MR) is 98.2 cm³/mol. The number of aromatic nitrogens is 2. The van der Waals surface area contributed by atoms with Crippen molar-refractivity contribution in [1.82, 2.24) is 15.3 Å². The van der Waals surface area contributed by atoms with Gasteiger partial charge in [0.25, 0.3) is 0 Å². The molecule has 6 nitrogen and oxygen atoms in total. The Balaban J connectivity index is 1.77. The van der Waals surface area contributed by atoms with E-state index in [1.165, 1.54) is 38.4 Å². The Bertz CT molecular complexity index is 891. The van der Waals surface area contributed by atoms with Gasteiger partial charge in [0.1, 0.15) is 24.1 Å². The minimum Gasteiger partial charge on any atom is -0.406 e. The number of amides is 1. The Morgan fingerprint density at radius 1 is 1.28 bits per heavy atom. The van der Waals surface area contributed by atoms with Crippen molar-refractivity contribution in [2.45, 2.75) is 38.8 Å². The normalized spacial score (nSPS) is 19.7. The van der Waals surface area contributed by atoms with Gasteiger partial charge in [0, 0.05) is 25.1 Å². The zero-order valence-electron chi connectivity index (χ0n) is 15.8. The van der Waals surface area contributed by atoms with Gasteiger partial charge in [0.2, 0.25) is 5.91 Å². The molecule has 156 valence electrons. The molecular formula is C19H20F4N4O2. The molecular weight excluding hydrogens is 392 g/mol. The van der Waals surface area contributed by atoms with Gasteiger partial charge in [0.05, 0.1) is 18.3 Å². The number of nitrogens with one attached hydrogen (secondary N) is 1. The number of carbonyl (C=O) groups excluding carboxylic acids is 1. The van der Waals surface area contributed by atoms with Crippen LogP contribution in [0.5, 0.6) is 5.75 Å². The fraction of sp³-hybridized carbons (Fsp3) is 0.421. The molecule has 2 atom stereocenters. The molecule has 2 heterocycles. The summed E-state index contributed by atoms with van der Waals surface area (Å²) in [6.07, 6.45) is -4.25. The van der Waals surface area contributed by atoms with E-state index in [0.29, 0.717) is 35.6 Å². The molecule has 1 aromatic carbocycles. The van der Waals surface area contributed by atoms with Crippen molar-refractivity contribution < 1.29 is 27.1 Å². The van der Waals surface area contributed by atoms with E-state index in [0.717, 1.165) is 0 Å². The summed E-state index contributed by atoms with van der Waals surface area (Å²) in [7, 11) is 0. The minimum atomic E-state index is -4.76. The van der Waals surface area contributed by atoms with E-state index in [2.05, 4.69) is 20.0 Å². The summed E-state index contributed by atoms with van der Waals surface area (Å²) >= 11 is 0. The number of piperidine rings is 1. The van der Waals surface area contributed by atoms with Crippen LogP contribution in [0.25, 0.3) is 11.3 Å².